The van der Waals surface area contributed by atoms with E-state index in [2.05, 4.69) is 0 Å². The summed E-state index contributed by atoms with van der Waals surface area (Å²) in [4.78, 5) is 12.7. The Bertz CT molecular complexity index is 1240. The third-order valence-corrected chi connectivity index (χ3v) is 7.08. The molecule has 0 saturated carbocycles. The molecule has 3 aromatic rings. The molecule has 1 aliphatic rings. The van der Waals surface area contributed by atoms with E-state index < -0.39 is 29.2 Å². The lowest BCUT2D eigenvalue weighted by atomic mass is 9.65. The summed E-state index contributed by atoms with van der Waals surface area (Å²) >= 11 is 0. The van der Waals surface area contributed by atoms with E-state index in [0.717, 1.165) is 5.56 Å². The molecule has 8 nitrogen and oxygen atoms in total. The third-order valence-electron chi connectivity index (χ3n) is 7.08. The highest BCUT2D eigenvalue weighted by atomic mass is 16.5. The van der Waals surface area contributed by atoms with Gasteiger partial charge in [-0.3, -0.25) is 4.79 Å². The van der Waals surface area contributed by atoms with Gasteiger partial charge in [-0.2, -0.15) is 0 Å². The lowest BCUT2D eigenvalue weighted by Crippen LogP contribution is -2.61. The number of hydrogen-bond donors (Lipinski definition) is 2. The second-order valence-corrected chi connectivity index (χ2v) is 9.12. The molecule has 4 atom stereocenters. The van der Waals surface area contributed by atoms with Crippen LogP contribution in [-0.2, 0) is 20.7 Å². The fraction of sp³-hybridized carbons (Fsp3) is 0.345. The molecule has 1 aliphatic heterocycles. The number of ether oxygens (including phenoxy) is 5. The molecule has 8 heteroatoms. The van der Waals surface area contributed by atoms with Gasteiger partial charge in [0.2, 0.25) is 0 Å². The van der Waals surface area contributed by atoms with Crippen LogP contribution in [0.5, 0.6) is 23.0 Å². The molecule has 2 N–H and O–H groups in total. The fourth-order valence-electron chi connectivity index (χ4n) is 5.20. The number of hydrogen-bond acceptors (Lipinski definition) is 8. The van der Waals surface area contributed by atoms with Crippen molar-refractivity contribution in [2.24, 2.45) is 0 Å². The highest BCUT2D eigenvalue weighted by molar-refractivity contribution is 5.71. The van der Waals surface area contributed by atoms with Crippen molar-refractivity contribution >= 4 is 5.97 Å². The van der Waals surface area contributed by atoms with Crippen LogP contribution in [0.2, 0.25) is 0 Å². The van der Waals surface area contributed by atoms with E-state index in [1.54, 1.807) is 43.5 Å². The smallest absolute Gasteiger partial charge is 0.306 e. The summed E-state index contributed by atoms with van der Waals surface area (Å²) in [7, 11) is 5.84. The number of carbonyl (C=O) groups is 1. The maximum absolute atomic E-state index is 12.7. The minimum atomic E-state index is -1.85. The van der Waals surface area contributed by atoms with Crippen molar-refractivity contribution < 1.29 is 38.7 Å². The summed E-state index contributed by atoms with van der Waals surface area (Å²) < 4.78 is 28.1. The van der Waals surface area contributed by atoms with Crippen molar-refractivity contribution in [1.29, 1.82) is 0 Å². The average Bonchev–Trinajstić information content (AvgIpc) is 2.93. The van der Waals surface area contributed by atoms with Crippen LogP contribution in [0.4, 0.5) is 0 Å². The summed E-state index contributed by atoms with van der Waals surface area (Å²) in [5, 5.41) is 24.1. The zero-order valence-corrected chi connectivity index (χ0v) is 21.6. The van der Waals surface area contributed by atoms with Crippen LogP contribution in [0.25, 0.3) is 0 Å². The fourth-order valence-corrected chi connectivity index (χ4v) is 5.20. The van der Waals surface area contributed by atoms with E-state index in [-0.39, 0.29) is 17.7 Å². The average molecular weight is 509 g/mol. The summed E-state index contributed by atoms with van der Waals surface area (Å²) in [6.07, 6.45) is -1.67. The molecule has 0 bridgehead atoms. The summed E-state index contributed by atoms with van der Waals surface area (Å²) in [5.74, 6) is 0.339. The van der Waals surface area contributed by atoms with Gasteiger partial charge in [0.25, 0.3) is 0 Å². The van der Waals surface area contributed by atoms with Crippen molar-refractivity contribution in [2.75, 3.05) is 28.4 Å². The molecule has 1 unspecified atom stereocenters. The highest BCUT2D eigenvalue weighted by Crippen LogP contribution is 2.57. The molecule has 0 amide bonds. The Morgan fingerprint density at radius 3 is 2.16 bits per heavy atom. The maximum atomic E-state index is 12.7. The van der Waals surface area contributed by atoms with Gasteiger partial charge in [-0.1, -0.05) is 42.5 Å². The number of fused-ring (bicyclic) bond motifs is 1. The van der Waals surface area contributed by atoms with Gasteiger partial charge >= 0.3 is 5.97 Å². The molecule has 4 rings (SSSR count). The Kier molecular flexibility index (Phi) is 7.34. The Morgan fingerprint density at radius 2 is 1.59 bits per heavy atom. The standard InChI is InChI=1S/C29H32O8/c1-28(32)26-23(35-4)15-21(34-3)16-24(26)37-29(27(28)31,19-11-13-20(33-2)14-12-19)22(17-25(30)36-5)18-9-7-6-8-10-18/h6-16,22,27,31-32H,17H2,1-5H3/t22-,27?,28+,29-/m1/s1. The number of aliphatic hydroxyl groups excluding tert-OH is 1. The Balaban J connectivity index is 2.06. The van der Waals surface area contributed by atoms with E-state index in [0.29, 0.717) is 22.8 Å². The Hall–Kier alpha value is -3.75. The molecule has 1 heterocycles. The van der Waals surface area contributed by atoms with Crippen LogP contribution in [0.3, 0.4) is 0 Å². The molecule has 0 aliphatic carbocycles. The van der Waals surface area contributed by atoms with Crippen LogP contribution < -0.4 is 18.9 Å². The number of rotatable bonds is 8. The largest absolute Gasteiger partial charge is 0.497 e. The number of carbonyl (C=O) groups excluding carboxylic acids is 1. The first kappa shape index (κ1) is 26.3. The lowest BCUT2D eigenvalue weighted by Gasteiger charge is -2.52. The number of benzene rings is 3. The van der Waals surface area contributed by atoms with E-state index in [9.17, 15) is 15.0 Å². The summed E-state index contributed by atoms with van der Waals surface area (Å²) in [5.41, 5.74) is -1.95. The first-order valence-corrected chi connectivity index (χ1v) is 11.8. The predicted octanol–water partition coefficient (Wildman–Crippen LogP) is 3.92. The molecule has 0 saturated heterocycles. The zero-order valence-electron chi connectivity index (χ0n) is 21.6. The van der Waals surface area contributed by atoms with E-state index >= 15 is 0 Å². The minimum Gasteiger partial charge on any atom is -0.497 e. The lowest BCUT2D eigenvalue weighted by molar-refractivity contribution is -0.195. The van der Waals surface area contributed by atoms with Crippen molar-refractivity contribution in [3.63, 3.8) is 0 Å². The van der Waals surface area contributed by atoms with Crippen LogP contribution in [0.1, 0.15) is 36.0 Å². The second-order valence-electron chi connectivity index (χ2n) is 9.12. The van der Waals surface area contributed by atoms with Gasteiger partial charge in [0, 0.05) is 18.1 Å². The van der Waals surface area contributed by atoms with Gasteiger partial charge < -0.3 is 33.9 Å². The summed E-state index contributed by atoms with van der Waals surface area (Å²) in [6, 6.07) is 19.5. The van der Waals surface area contributed by atoms with Crippen LogP contribution >= 0.6 is 0 Å². The van der Waals surface area contributed by atoms with Gasteiger partial charge in [-0.05, 0) is 30.2 Å². The van der Waals surface area contributed by atoms with Gasteiger partial charge in [0.05, 0.1) is 40.4 Å². The quantitative estimate of drug-likeness (QED) is 0.442. The van der Waals surface area contributed by atoms with Crippen LogP contribution in [-0.4, -0.2) is 50.7 Å². The van der Waals surface area contributed by atoms with Crippen molar-refractivity contribution in [3.05, 3.63) is 83.4 Å². The van der Waals surface area contributed by atoms with Gasteiger partial charge in [0.15, 0.2) is 5.60 Å². The van der Waals surface area contributed by atoms with Crippen LogP contribution in [0.15, 0.2) is 66.7 Å². The Morgan fingerprint density at radius 1 is 0.946 bits per heavy atom. The molecular formula is C29H32O8. The second kappa shape index (κ2) is 10.3. The molecule has 0 fully saturated rings. The minimum absolute atomic E-state index is 0.129. The van der Waals surface area contributed by atoms with E-state index in [4.69, 9.17) is 23.7 Å². The Labute approximate surface area is 216 Å². The molecule has 3 aromatic carbocycles. The normalized spacial score (nSPS) is 23.3. The number of aliphatic hydroxyl groups is 2. The predicted molar refractivity (Wildman–Crippen MR) is 136 cm³/mol. The number of esters is 1. The summed E-state index contributed by atoms with van der Waals surface area (Å²) in [6.45, 7) is 1.51. The highest BCUT2D eigenvalue weighted by Gasteiger charge is 2.61. The van der Waals surface area contributed by atoms with Crippen molar-refractivity contribution in [3.8, 4) is 23.0 Å². The van der Waals surface area contributed by atoms with Gasteiger partial charge in [-0.25, -0.2) is 0 Å². The zero-order chi connectivity index (χ0) is 26.8. The van der Waals surface area contributed by atoms with E-state index in [1.165, 1.54) is 28.3 Å². The van der Waals surface area contributed by atoms with Crippen molar-refractivity contribution in [2.45, 2.75) is 36.6 Å². The monoisotopic (exact) mass is 508 g/mol. The topological polar surface area (TPSA) is 104 Å². The first-order valence-electron chi connectivity index (χ1n) is 11.8. The number of methoxy groups -OCH3 is 4. The van der Waals surface area contributed by atoms with Crippen LogP contribution in [0, 0.1) is 0 Å². The van der Waals surface area contributed by atoms with Crippen molar-refractivity contribution in [1.82, 2.24) is 0 Å². The van der Waals surface area contributed by atoms with Gasteiger partial charge in [0.1, 0.15) is 34.7 Å². The molecule has 0 aromatic heterocycles. The third kappa shape index (κ3) is 4.47. The molecule has 196 valence electrons. The molecule has 0 spiro atoms. The SMILES string of the molecule is COC(=O)C[C@H](c1ccccc1)[C@@]1(c2ccc(OC)cc2)Oc2cc(OC)cc(OC)c2[C@](C)(O)C1O. The molecule has 37 heavy (non-hydrogen) atoms. The van der Waals surface area contributed by atoms with E-state index in [1.807, 2.05) is 30.3 Å². The molecule has 0 radical (unpaired) electrons. The molecular weight excluding hydrogens is 476 g/mol. The first-order chi connectivity index (χ1) is 17.7. The maximum Gasteiger partial charge on any atom is 0.306 e. The van der Waals surface area contributed by atoms with Gasteiger partial charge in [-0.15, -0.1) is 0 Å².